The van der Waals surface area contributed by atoms with E-state index in [2.05, 4.69) is 12.1 Å². The largest absolute Gasteiger partial charge is 0.386 e. The van der Waals surface area contributed by atoms with E-state index in [0.717, 1.165) is 66.7 Å². The van der Waals surface area contributed by atoms with Gasteiger partial charge in [0.05, 0.1) is 39.3 Å². The van der Waals surface area contributed by atoms with Crippen LogP contribution in [0.1, 0.15) is 37.8 Å². The van der Waals surface area contributed by atoms with Crippen LogP contribution in [0, 0.1) is 0 Å². The fourth-order valence-electron chi connectivity index (χ4n) is 5.54. The van der Waals surface area contributed by atoms with Crippen molar-refractivity contribution < 1.29 is 13.5 Å². The normalized spacial score (nSPS) is 13.0. The van der Waals surface area contributed by atoms with Gasteiger partial charge in [-0.1, -0.05) is 67.6 Å². The Labute approximate surface area is 252 Å². The number of aliphatic hydroxyl groups is 1. The summed E-state index contributed by atoms with van der Waals surface area (Å²) in [5.74, 6) is -0.105. The molecule has 6 nitrogen and oxygen atoms in total. The van der Waals surface area contributed by atoms with Crippen molar-refractivity contribution in [2.45, 2.75) is 32.3 Å². The number of sulfone groups is 1. The third kappa shape index (κ3) is 6.05. The van der Waals surface area contributed by atoms with Gasteiger partial charge in [-0.05, 0) is 72.9 Å². The summed E-state index contributed by atoms with van der Waals surface area (Å²) in [7, 11) is -3.15. The van der Waals surface area contributed by atoms with Gasteiger partial charge in [0.25, 0.3) is 0 Å². The van der Waals surface area contributed by atoms with Gasteiger partial charge in [-0.25, -0.2) is 18.4 Å². The molecule has 0 radical (unpaired) electrons. The van der Waals surface area contributed by atoms with Gasteiger partial charge in [0.15, 0.2) is 0 Å². The Balaban J connectivity index is 1.53. The quantitative estimate of drug-likeness (QED) is 0.207. The average Bonchev–Trinajstić information content (AvgIpc) is 2.98. The number of nitrogens with zero attached hydrogens (tertiary/aromatic N) is 3. The number of para-hydroxylation sites is 2. The topological polar surface area (TPSA) is 93.0 Å². The highest BCUT2D eigenvalue weighted by Gasteiger charge is 2.20. The molecule has 0 fully saturated rings. The maximum Gasteiger partial charge on any atom is 0.148 e. The Bertz CT molecular complexity index is 2080. The van der Waals surface area contributed by atoms with Crippen LogP contribution in [0.2, 0.25) is 0 Å². The predicted molar refractivity (Wildman–Crippen MR) is 175 cm³/mol. The van der Waals surface area contributed by atoms with Crippen LogP contribution >= 0.6 is 0 Å². The van der Waals surface area contributed by atoms with Crippen LogP contribution in [-0.2, 0) is 15.4 Å². The second-order valence-electron chi connectivity index (χ2n) is 11.8. The minimum absolute atomic E-state index is 0.0700. The lowest BCUT2D eigenvalue weighted by molar-refractivity contribution is 0.0786. The van der Waals surface area contributed by atoms with Gasteiger partial charge in [-0.3, -0.25) is 4.98 Å². The molecule has 0 saturated heterocycles. The number of fused-ring (bicyclic) bond motifs is 2. The Kier molecular flexibility index (Phi) is 7.32. The number of aromatic nitrogens is 3. The number of rotatable bonds is 7. The van der Waals surface area contributed by atoms with Crippen LogP contribution in [0.3, 0.4) is 0 Å². The lowest BCUT2D eigenvalue weighted by Crippen LogP contribution is -2.14. The summed E-state index contributed by atoms with van der Waals surface area (Å²) < 4.78 is 24.2. The van der Waals surface area contributed by atoms with Crippen molar-refractivity contribution in [1.82, 2.24) is 15.0 Å². The monoisotopic (exact) mass is 587 g/mol. The van der Waals surface area contributed by atoms with E-state index in [1.54, 1.807) is 20.0 Å². The summed E-state index contributed by atoms with van der Waals surface area (Å²) in [4.78, 5) is 14.8. The molecule has 0 aliphatic rings. The van der Waals surface area contributed by atoms with Gasteiger partial charge in [-0.2, -0.15) is 0 Å². The van der Waals surface area contributed by atoms with E-state index in [-0.39, 0.29) is 11.7 Å². The lowest BCUT2D eigenvalue weighted by Gasteiger charge is -2.18. The molecule has 6 rings (SSSR count). The second kappa shape index (κ2) is 11.0. The zero-order valence-corrected chi connectivity index (χ0v) is 25.4. The third-order valence-electron chi connectivity index (χ3n) is 7.73. The predicted octanol–water partition coefficient (Wildman–Crippen LogP) is 7.55. The zero-order chi connectivity index (χ0) is 30.4. The minimum atomic E-state index is -3.15. The van der Waals surface area contributed by atoms with Crippen molar-refractivity contribution in [2.75, 3.05) is 12.0 Å². The van der Waals surface area contributed by atoms with Gasteiger partial charge >= 0.3 is 0 Å². The SMILES string of the molecule is CC(CS(C)(=O)=O)c1cc(-c2cccc(-c3nc4ccccc4nc3-c3ccc(C(C)(C)O)cc3)c2)c2ncccc2c1. The van der Waals surface area contributed by atoms with Crippen LogP contribution in [0.5, 0.6) is 0 Å². The van der Waals surface area contributed by atoms with E-state index >= 15 is 0 Å². The van der Waals surface area contributed by atoms with Crippen molar-refractivity contribution in [3.63, 3.8) is 0 Å². The first-order valence-electron chi connectivity index (χ1n) is 14.2. The smallest absolute Gasteiger partial charge is 0.148 e. The van der Waals surface area contributed by atoms with Crippen molar-refractivity contribution >= 4 is 31.8 Å². The van der Waals surface area contributed by atoms with E-state index in [1.165, 1.54) is 6.26 Å². The molecule has 7 heteroatoms. The Morgan fingerprint density at radius 2 is 1.42 bits per heavy atom. The molecule has 0 amide bonds. The van der Waals surface area contributed by atoms with Crippen LogP contribution in [0.4, 0.5) is 0 Å². The van der Waals surface area contributed by atoms with Gasteiger partial charge in [0.2, 0.25) is 0 Å². The van der Waals surface area contributed by atoms with Crippen molar-refractivity contribution in [1.29, 1.82) is 0 Å². The molecule has 0 saturated carbocycles. The number of hydrogen-bond donors (Lipinski definition) is 1. The van der Waals surface area contributed by atoms with Gasteiger partial charge < -0.3 is 5.11 Å². The maximum atomic E-state index is 12.1. The molecule has 6 aromatic rings. The lowest BCUT2D eigenvalue weighted by atomic mass is 9.92. The van der Waals surface area contributed by atoms with Gasteiger partial charge in [0, 0.05) is 34.5 Å². The van der Waals surface area contributed by atoms with Crippen LogP contribution < -0.4 is 0 Å². The fraction of sp³-hybridized carbons (Fsp3) is 0.194. The highest BCUT2D eigenvalue weighted by Crippen LogP contribution is 2.37. The summed E-state index contributed by atoms with van der Waals surface area (Å²) in [6.07, 6.45) is 3.05. The maximum absolute atomic E-state index is 12.1. The van der Waals surface area contributed by atoms with Crippen molar-refractivity contribution in [3.05, 3.63) is 114 Å². The molecule has 0 aliphatic carbocycles. The molecule has 0 bridgehead atoms. The van der Waals surface area contributed by atoms with Gasteiger partial charge in [0.1, 0.15) is 9.84 Å². The molecule has 1 unspecified atom stereocenters. The molecule has 216 valence electrons. The van der Waals surface area contributed by atoms with E-state index in [0.29, 0.717) is 0 Å². The third-order valence-corrected chi connectivity index (χ3v) is 8.84. The van der Waals surface area contributed by atoms with Crippen molar-refractivity contribution in [2.24, 2.45) is 0 Å². The standard InChI is InChI=1S/C36H33N3O3S/c1-23(22-43(4,41)42)28-20-26-11-8-18-37-33(26)30(21-28)25-9-7-10-27(19-25)35-34(38-31-12-5-6-13-32(31)39-35)24-14-16-29(17-15-24)36(2,3)40/h5-21,23,40H,22H2,1-4H3. The second-order valence-corrected chi connectivity index (χ2v) is 13.9. The fourth-order valence-corrected chi connectivity index (χ4v) is 6.64. The van der Waals surface area contributed by atoms with Crippen LogP contribution in [-0.4, -0.2) is 40.5 Å². The molecule has 43 heavy (non-hydrogen) atoms. The average molecular weight is 588 g/mol. The molecular weight excluding hydrogens is 554 g/mol. The van der Waals surface area contributed by atoms with Crippen LogP contribution in [0.15, 0.2) is 103 Å². The highest BCUT2D eigenvalue weighted by atomic mass is 32.2. The van der Waals surface area contributed by atoms with Crippen molar-refractivity contribution in [3.8, 4) is 33.6 Å². The first-order valence-corrected chi connectivity index (χ1v) is 16.3. The summed E-state index contributed by atoms with van der Waals surface area (Å²) in [6, 6.07) is 31.8. The van der Waals surface area contributed by atoms with Crippen LogP contribution in [0.25, 0.3) is 55.6 Å². The molecule has 0 spiro atoms. The first-order chi connectivity index (χ1) is 20.5. The molecule has 2 heterocycles. The van der Waals surface area contributed by atoms with Gasteiger partial charge in [-0.15, -0.1) is 0 Å². The summed E-state index contributed by atoms with van der Waals surface area (Å²) in [5.41, 5.74) is 8.43. The number of pyridine rings is 1. The molecule has 1 atom stereocenters. The Hall–Kier alpha value is -4.46. The molecule has 1 N–H and O–H groups in total. The van der Waals surface area contributed by atoms with E-state index in [4.69, 9.17) is 15.0 Å². The minimum Gasteiger partial charge on any atom is -0.386 e. The molecule has 0 aliphatic heterocycles. The van der Waals surface area contributed by atoms with E-state index in [1.807, 2.05) is 91.9 Å². The summed E-state index contributed by atoms with van der Waals surface area (Å²) >= 11 is 0. The first kappa shape index (κ1) is 28.6. The van der Waals surface area contributed by atoms with E-state index in [9.17, 15) is 13.5 Å². The molecule has 4 aromatic carbocycles. The number of hydrogen-bond acceptors (Lipinski definition) is 6. The Morgan fingerprint density at radius 1 is 0.767 bits per heavy atom. The zero-order valence-electron chi connectivity index (χ0n) is 24.6. The Morgan fingerprint density at radius 3 is 2.07 bits per heavy atom. The highest BCUT2D eigenvalue weighted by molar-refractivity contribution is 7.90. The summed E-state index contributed by atoms with van der Waals surface area (Å²) in [5, 5.41) is 11.4. The van der Waals surface area contributed by atoms with E-state index < -0.39 is 15.4 Å². The molecule has 2 aromatic heterocycles. The molecular formula is C36H33N3O3S. The number of benzene rings is 4. The summed E-state index contributed by atoms with van der Waals surface area (Å²) in [6.45, 7) is 5.48.